The lowest BCUT2D eigenvalue weighted by atomic mass is 9.80. The lowest BCUT2D eigenvalue weighted by molar-refractivity contribution is -0.133. The maximum atomic E-state index is 12.4. The Kier molecular flexibility index (Phi) is 4.05. The molecule has 1 aromatic rings. The second-order valence-electron chi connectivity index (χ2n) is 4.73. The number of rotatable bonds is 4. The number of Topliss-reactive ketones (excluding diaryl/α,β-unsaturated/α-hetero) is 3. The van der Waals surface area contributed by atoms with Crippen LogP contribution < -0.4 is 0 Å². The largest absolute Gasteiger partial charge is 0.298 e. The molecule has 0 aliphatic heterocycles. The Bertz CT molecular complexity index is 527. The number of carbonyl (C=O) groups is 3. The van der Waals surface area contributed by atoms with Crippen LogP contribution in [0.1, 0.15) is 35.2 Å². The lowest BCUT2D eigenvalue weighted by Crippen LogP contribution is -2.35. The van der Waals surface area contributed by atoms with Crippen molar-refractivity contribution in [2.24, 2.45) is 5.92 Å². The fourth-order valence-corrected chi connectivity index (χ4v) is 2.45. The highest BCUT2D eigenvalue weighted by Crippen LogP contribution is 2.23. The van der Waals surface area contributed by atoms with Crippen LogP contribution in [0.3, 0.4) is 0 Å². The molecule has 0 N–H and O–H groups in total. The molecule has 1 fully saturated rings. The Morgan fingerprint density at radius 2 is 1.84 bits per heavy atom. The van der Waals surface area contributed by atoms with Crippen LogP contribution in [0.15, 0.2) is 36.9 Å². The summed E-state index contributed by atoms with van der Waals surface area (Å²) in [6.07, 6.45) is 3.47. The molecule has 2 rings (SSSR count). The van der Waals surface area contributed by atoms with E-state index in [1.54, 1.807) is 18.2 Å². The molecule has 0 atom stereocenters. The summed E-state index contributed by atoms with van der Waals surface area (Å²) in [5.74, 6) is -1.92. The quantitative estimate of drug-likeness (QED) is 0.472. The zero-order valence-corrected chi connectivity index (χ0v) is 10.7. The van der Waals surface area contributed by atoms with Gasteiger partial charge in [0.2, 0.25) is 0 Å². The molecule has 0 bridgehead atoms. The fourth-order valence-electron chi connectivity index (χ4n) is 2.45. The predicted molar refractivity (Wildman–Crippen MR) is 72.0 cm³/mol. The van der Waals surface area contributed by atoms with Crippen molar-refractivity contribution in [2.45, 2.75) is 25.7 Å². The third kappa shape index (κ3) is 2.70. The summed E-state index contributed by atoms with van der Waals surface area (Å²) in [5, 5.41) is 0. The van der Waals surface area contributed by atoms with Gasteiger partial charge in [0.15, 0.2) is 17.3 Å². The number of carbonyl (C=O) groups excluding carboxylic acids is 3. The van der Waals surface area contributed by atoms with E-state index in [0.717, 1.165) is 5.56 Å². The van der Waals surface area contributed by atoms with Gasteiger partial charge in [-0.2, -0.15) is 0 Å². The number of allylic oxidation sites excluding steroid dienone is 1. The summed E-state index contributed by atoms with van der Waals surface area (Å²) in [6.45, 7) is 3.65. The monoisotopic (exact) mass is 256 g/mol. The van der Waals surface area contributed by atoms with Crippen LogP contribution in [0.25, 0.3) is 0 Å². The molecule has 0 amide bonds. The van der Waals surface area contributed by atoms with Gasteiger partial charge in [-0.3, -0.25) is 14.4 Å². The van der Waals surface area contributed by atoms with Crippen molar-refractivity contribution in [3.8, 4) is 0 Å². The molecule has 1 aromatic carbocycles. The van der Waals surface area contributed by atoms with Crippen LogP contribution in [0, 0.1) is 5.92 Å². The molecule has 0 saturated heterocycles. The minimum Gasteiger partial charge on any atom is -0.298 e. The highest BCUT2D eigenvalue weighted by molar-refractivity contribution is 6.25. The molecular formula is C16H16O3. The Balaban J connectivity index is 2.35. The predicted octanol–water partition coefficient (Wildman–Crippen LogP) is 2.54. The summed E-state index contributed by atoms with van der Waals surface area (Å²) in [4.78, 5) is 36.1. The summed E-state index contributed by atoms with van der Waals surface area (Å²) in [5.41, 5.74) is 1.28. The minimum absolute atomic E-state index is 0.241. The van der Waals surface area contributed by atoms with Gasteiger partial charge in [-0.15, -0.1) is 6.58 Å². The third-order valence-corrected chi connectivity index (χ3v) is 3.40. The van der Waals surface area contributed by atoms with Crippen LogP contribution in [0.4, 0.5) is 0 Å². The Hall–Kier alpha value is -2.03. The van der Waals surface area contributed by atoms with E-state index < -0.39 is 5.92 Å². The molecule has 1 aliphatic carbocycles. The number of ketones is 3. The fraction of sp³-hybridized carbons (Fsp3) is 0.312. The van der Waals surface area contributed by atoms with Gasteiger partial charge in [0, 0.05) is 18.4 Å². The maximum absolute atomic E-state index is 12.4. The average Bonchev–Trinajstić information content (AvgIpc) is 2.39. The van der Waals surface area contributed by atoms with Crippen LogP contribution in [-0.2, 0) is 16.0 Å². The zero-order valence-electron chi connectivity index (χ0n) is 10.7. The van der Waals surface area contributed by atoms with Crippen LogP contribution in [-0.4, -0.2) is 17.3 Å². The second kappa shape index (κ2) is 5.74. The smallest absolute Gasteiger partial charge is 0.181 e. The molecule has 1 saturated carbocycles. The number of benzene rings is 1. The zero-order chi connectivity index (χ0) is 13.8. The molecule has 0 radical (unpaired) electrons. The topological polar surface area (TPSA) is 51.2 Å². The molecule has 0 spiro atoms. The lowest BCUT2D eigenvalue weighted by Gasteiger charge is -2.19. The van der Waals surface area contributed by atoms with E-state index in [4.69, 9.17) is 0 Å². The van der Waals surface area contributed by atoms with E-state index in [0.29, 0.717) is 31.2 Å². The minimum atomic E-state index is -1.08. The van der Waals surface area contributed by atoms with E-state index in [1.165, 1.54) is 0 Å². The van der Waals surface area contributed by atoms with Gasteiger partial charge in [-0.05, 0) is 18.4 Å². The molecule has 19 heavy (non-hydrogen) atoms. The van der Waals surface area contributed by atoms with Gasteiger partial charge >= 0.3 is 0 Å². The Morgan fingerprint density at radius 1 is 1.21 bits per heavy atom. The summed E-state index contributed by atoms with van der Waals surface area (Å²) < 4.78 is 0. The van der Waals surface area contributed by atoms with E-state index in [-0.39, 0.29) is 17.3 Å². The Labute approximate surface area is 112 Å². The van der Waals surface area contributed by atoms with E-state index in [2.05, 4.69) is 6.58 Å². The van der Waals surface area contributed by atoms with Crippen LogP contribution in [0.5, 0.6) is 0 Å². The molecule has 0 unspecified atom stereocenters. The maximum Gasteiger partial charge on any atom is 0.181 e. The normalized spacial score (nSPS) is 16.4. The van der Waals surface area contributed by atoms with Crippen LogP contribution in [0.2, 0.25) is 0 Å². The van der Waals surface area contributed by atoms with E-state index in [1.807, 2.05) is 12.1 Å². The van der Waals surface area contributed by atoms with E-state index in [9.17, 15) is 14.4 Å². The van der Waals surface area contributed by atoms with Crippen LogP contribution >= 0.6 is 0 Å². The van der Waals surface area contributed by atoms with Gasteiger partial charge in [0.1, 0.15) is 5.92 Å². The standard InChI is InChI=1S/C16H16O3/c1-2-6-11-7-3-4-8-12(11)16(19)15-13(17)9-5-10-14(15)18/h2-4,7-8,15H,1,5-6,9-10H2. The number of hydrogen-bond acceptors (Lipinski definition) is 3. The highest BCUT2D eigenvalue weighted by Gasteiger charge is 2.36. The average molecular weight is 256 g/mol. The molecular weight excluding hydrogens is 240 g/mol. The molecule has 1 aliphatic rings. The van der Waals surface area contributed by atoms with Crippen molar-refractivity contribution in [1.82, 2.24) is 0 Å². The van der Waals surface area contributed by atoms with Gasteiger partial charge in [-0.1, -0.05) is 30.3 Å². The van der Waals surface area contributed by atoms with Gasteiger partial charge < -0.3 is 0 Å². The first-order chi connectivity index (χ1) is 9.15. The van der Waals surface area contributed by atoms with Crippen molar-refractivity contribution in [1.29, 1.82) is 0 Å². The van der Waals surface area contributed by atoms with E-state index >= 15 is 0 Å². The molecule has 3 heteroatoms. The van der Waals surface area contributed by atoms with Crippen molar-refractivity contribution in [2.75, 3.05) is 0 Å². The van der Waals surface area contributed by atoms with Crippen molar-refractivity contribution >= 4 is 17.3 Å². The second-order valence-corrected chi connectivity index (χ2v) is 4.73. The van der Waals surface area contributed by atoms with Gasteiger partial charge in [-0.25, -0.2) is 0 Å². The van der Waals surface area contributed by atoms with Gasteiger partial charge in [0.25, 0.3) is 0 Å². The first-order valence-corrected chi connectivity index (χ1v) is 6.43. The first-order valence-electron chi connectivity index (χ1n) is 6.43. The van der Waals surface area contributed by atoms with Crippen molar-refractivity contribution in [3.05, 3.63) is 48.0 Å². The Morgan fingerprint density at radius 3 is 2.47 bits per heavy atom. The molecule has 98 valence electrons. The third-order valence-electron chi connectivity index (χ3n) is 3.40. The number of hydrogen-bond donors (Lipinski definition) is 0. The SMILES string of the molecule is C=CCc1ccccc1C(=O)C1C(=O)CCCC1=O. The first kappa shape index (κ1) is 13.4. The molecule has 0 aromatic heterocycles. The molecule has 3 nitrogen and oxygen atoms in total. The highest BCUT2D eigenvalue weighted by atomic mass is 16.2. The summed E-state index contributed by atoms with van der Waals surface area (Å²) in [7, 11) is 0. The molecule has 0 heterocycles. The van der Waals surface area contributed by atoms with Crippen molar-refractivity contribution < 1.29 is 14.4 Å². The summed E-state index contributed by atoms with van der Waals surface area (Å²) >= 11 is 0. The van der Waals surface area contributed by atoms with Crippen molar-refractivity contribution in [3.63, 3.8) is 0 Å². The van der Waals surface area contributed by atoms with Gasteiger partial charge in [0.05, 0.1) is 0 Å². The summed E-state index contributed by atoms with van der Waals surface area (Å²) in [6, 6.07) is 7.08.